The second-order valence-corrected chi connectivity index (χ2v) is 4.80. The van der Waals surface area contributed by atoms with E-state index in [4.69, 9.17) is 0 Å². The highest BCUT2D eigenvalue weighted by Gasteiger charge is 1.82. The molecule has 0 rings (SSSR count). The smallest absolute Gasteiger partial charge is 0.0267 e. The molecule has 0 fully saturated rings. The van der Waals surface area contributed by atoms with E-state index in [0.717, 1.165) is 0 Å². The Bertz CT molecular complexity index is 141. The molecule has 1 radical (unpaired) electrons. The number of unbranched alkanes of at least 4 members (excludes halogenated alkanes) is 6. The maximum absolute atomic E-state index is 2.31. The van der Waals surface area contributed by atoms with Gasteiger partial charge in [-0.2, -0.15) is 0 Å². The van der Waals surface area contributed by atoms with Gasteiger partial charge in [0, 0.05) is 0 Å². The van der Waals surface area contributed by atoms with E-state index in [1.807, 2.05) is 0 Å². The van der Waals surface area contributed by atoms with Crippen molar-refractivity contribution in [2.24, 2.45) is 0 Å². The summed E-state index contributed by atoms with van der Waals surface area (Å²) in [6.45, 7) is 4.50. The number of rotatable bonds is 10. The van der Waals surface area contributed by atoms with Crippen molar-refractivity contribution in [3.63, 3.8) is 0 Å². The Morgan fingerprint density at radius 1 is 0.733 bits per heavy atom. The molecule has 0 N–H and O–H groups in total. The van der Waals surface area contributed by atoms with Crippen LogP contribution in [0.1, 0.15) is 65.2 Å². The van der Waals surface area contributed by atoms with Gasteiger partial charge < -0.3 is 0 Å². The molecule has 0 nitrogen and oxygen atoms in total. The van der Waals surface area contributed by atoms with Crippen LogP contribution in [0.3, 0.4) is 0 Å². The zero-order valence-electron chi connectivity index (χ0n) is 10.4. The SMILES string of the molecule is CCCCC/C=C/[P]/C=C/CCCCC. The molecule has 0 unspecified atom stereocenters. The molecule has 0 aromatic heterocycles. The summed E-state index contributed by atoms with van der Waals surface area (Å²) in [4.78, 5) is 0. The van der Waals surface area contributed by atoms with E-state index in [9.17, 15) is 0 Å². The van der Waals surface area contributed by atoms with Gasteiger partial charge in [0.25, 0.3) is 0 Å². The molecule has 0 aliphatic heterocycles. The Kier molecular flexibility index (Phi) is 13.8. The van der Waals surface area contributed by atoms with Crippen LogP contribution < -0.4 is 0 Å². The molecule has 15 heavy (non-hydrogen) atoms. The zero-order valence-corrected chi connectivity index (χ0v) is 11.3. The molecule has 0 aliphatic rings. The molecular weight excluding hydrogens is 199 g/mol. The van der Waals surface area contributed by atoms with Gasteiger partial charge in [-0.15, -0.1) is 0 Å². The van der Waals surface area contributed by atoms with Crippen LogP contribution in [0.5, 0.6) is 0 Å². The highest BCUT2D eigenvalue weighted by atomic mass is 31.1. The van der Waals surface area contributed by atoms with E-state index in [2.05, 4.69) is 37.6 Å². The molecule has 0 atom stereocenters. The molecule has 0 bridgehead atoms. The largest absolute Gasteiger partial charge is 0.0834 e. The standard InChI is InChI=1S/C14H26P/c1-3-5-7-9-11-13-15-14-12-10-8-6-4-2/h11-14H,3-10H2,1-2H3/b13-11+,14-12+. The molecule has 0 aromatic rings. The molecule has 0 aliphatic carbocycles. The molecule has 87 valence electrons. The third kappa shape index (κ3) is 13.9. The highest BCUT2D eigenvalue weighted by Crippen LogP contribution is 2.15. The van der Waals surface area contributed by atoms with Crippen molar-refractivity contribution >= 4 is 8.58 Å². The van der Waals surface area contributed by atoms with Crippen molar-refractivity contribution < 1.29 is 0 Å². The average molecular weight is 225 g/mol. The van der Waals surface area contributed by atoms with Gasteiger partial charge in [0.05, 0.1) is 0 Å². The first-order chi connectivity index (χ1) is 7.41. The monoisotopic (exact) mass is 225 g/mol. The van der Waals surface area contributed by atoms with E-state index < -0.39 is 0 Å². The van der Waals surface area contributed by atoms with E-state index >= 15 is 0 Å². The third-order valence-corrected chi connectivity index (χ3v) is 3.10. The predicted octanol–water partition coefficient (Wildman–Crippen LogP) is 6.12. The maximum atomic E-state index is 2.31. The topological polar surface area (TPSA) is 0 Å². The van der Waals surface area contributed by atoms with Crippen molar-refractivity contribution in [3.05, 3.63) is 23.8 Å². The van der Waals surface area contributed by atoms with Crippen molar-refractivity contribution in [1.82, 2.24) is 0 Å². The Morgan fingerprint density at radius 3 is 1.60 bits per heavy atom. The van der Waals surface area contributed by atoms with Crippen LogP contribution in [-0.2, 0) is 0 Å². The third-order valence-electron chi connectivity index (χ3n) is 2.33. The Morgan fingerprint density at radius 2 is 1.20 bits per heavy atom. The van der Waals surface area contributed by atoms with E-state index in [0.29, 0.717) is 0 Å². The van der Waals surface area contributed by atoms with Crippen LogP contribution in [0.25, 0.3) is 0 Å². The van der Waals surface area contributed by atoms with E-state index in [1.165, 1.54) is 59.9 Å². The summed E-state index contributed by atoms with van der Waals surface area (Å²) in [6.07, 6.45) is 15.2. The minimum atomic E-state index is 1.25. The molecule has 0 saturated carbocycles. The summed E-state index contributed by atoms with van der Waals surface area (Å²) in [6, 6.07) is 0. The van der Waals surface area contributed by atoms with Crippen LogP contribution in [-0.4, -0.2) is 0 Å². The van der Waals surface area contributed by atoms with Gasteiger partial charge in [0.2, 0.25) is 0 Å². The molecule has 0 amide bonds. The van der Waals surface area contributed by atoms with Crippen LogP contribution in [0.15, 0.2) is 23.8 Å². The van der Waals surface area contributed by atoms with Crippen molar-refractivity contribution in [1.29, 1.82) is 0 Å². The fourth-order valence-electron chi connectivity index (χ4n) is 1.34. The molecular formula is C14H26P. The van der Waals surface area contributed by atoms with Crippen molar-refractivity contribution in [2.45, 2.75) is 65.2 Å². The summed E-state index contributed by atoms with van der Waals surface area (Å²) in [5.74, 6) is 4.54. The Hall–Kier alpha value is -0.0900. The fraction of sp³-hybridized carbons (Fsp3) is 0.714. The van der Waals surface area contributed by atoms with Gasteiger partial charge in [0.15, 0.2) is 0 Å². The molecule has 0 spiro atoms. The number of hydrogen-bond acceptors (Lipinski definition) is 0. The normalized spacial score (nSPS) is 11.9. The van der Waals surface area contributed by atoms with E-state index in [-0.39, 0.29) is 0 Å². The first-order valence-corrected chi connectivity index (χ1v) is 7.45. The second-order valence-electron chi connectivity index (χ2n) is 3.91. The van der Waals surface area contributed by atoms with Crippen LogP contribution >= 0.6 is 8.58 Å². The van der Waals surface area contributed by atoms with Gasteiger partial charge >= 0.3 is 0 Å². The lowest BCUT2D eigenvalue weighted by atomic mass is 10.2. The van der Waals surface area contributed by atoms with Gasteiger partial charge in [-0.3, -0.25) is 0 Å². The minimum Gasteiger partial charge on any atom is -0.0834 e. The minimum absolute atomic E-state index is 1.25. The Labute approximate surface area is 98.0 Å². The summed E-state index contributed by atoms with van der Waals surface area (Å²) in [7, 11) is 1.35. The van der Waals surface area contributed by atoms with Gasteiger partial charge in [-0.25, -0.2) is 0 Å². The van der Waals surface area contributed by atoms with Gasteiger partial charge in [-0.05, 0) is 34.3 Å². The quantitative estimate of drug-likeness (QED) is 0.310. The summed E-state index contributed by atoms with van der Waals surface area (Å²) >= 11 is 0. The van der Waals surface area contributed by atoms with Gasteiger partial charge in [-0.1, -0.05) is 63.3 Å². The number of hydrogen-bond donors (Lipinski definition) is 0. The summed E-state index contributed by atoms with van der Waals surface area (Å²) < 4.78 is 0. The molecule has 0 heterocycles. The summed E-state index contributed by atoms with van der Waals surface area (Å²) in [5, 5.41) is 0. The average Bonchev–Trinajstić information content (AvgIpc) is 2.26. The first-order valence-electron chi connectivity index (χ1n) is 6.41. The second kappa shape index (κ2) is 13.9. The van der Waals surface area contributed by atoms with Crippen molar-refractivity contribution in [3.8, 4) is 0 Å². The molecule has 0 saturated heterocycles. The molecule has 0 aromatic carbocycles. The highest BCUT2D eigenvalue weighted by molar-refractivity contribution is 7.45. The fourth-order valence-corrected chi connectivity index (χ4v) is 1.99. The zero-order chi connectivity index (χ0) is 11.2. The molecule has 1 heteroatoms. The van der Waals surface area contributed by atoms with E-state index in [1.54, 1.807) is 0 Å². The predicted molar refractivity (Wildman–Crippen MR) is 73.5 cm³/mol. The lowest BCUT2D eigenvalue weighted by molar-refractivity contribution is 0.729. The van der Waals surface area contributed by atoms with Crippen LogP contribution in [0.2, 0.25) is 0 Å². The Balaban J connectivity index is 3.14. The van der Waals surface area contributed by atoms with Crippen LogP contribution in [0.4, 0.5) is 0 Å². The van der Waals surface area contributed by atoms with Gasteiger partial charge in [0.1, 0.15) is 0 Å². The summed E-state index contributed by atoms with van der Waals surface area (Å²) in [5.41, 5.74) is 0. The lowest BCUT2D eigenvalue weighted by Gasteiger charge is -1.91. The lowest BCUT2D eigenvalue weighted by Crippen LogP contribution is -1.69. The number of allylic oxidation sites excluding steroid dienone is 2. The first kappa shape index (κ1) is 14.9. The maximum Gasteiger partial charge on any atom is -0.0267 e. The van der Waals surface area contributed by atoms with Crippen LogP contribution in [0, 0.1) is 0 Å². The van der Waals surface area contributed by atoms with Crippen molar-refractivity contribution in [2.75, 3.05) is 0 Å².